The molecule has 4 saturated carbocycles. The van der Waals surface area contributed by atoms with Gasteiger partial charge in [-0.3, -0.25) is 0 Å². The zero-order valence-corrected chi connectivity index (χ0v) is 17.2. The Labute approximate surface area is 171 Å². The van der Waals surface area contributed by atoms with Crippen molar-refractivity contribution in [2.75, 3.05) is 7.11 Å². The van der Waals surface area contributed by atoms with E-state index in [2.05, 4.69) is 55.2 Å². The number of ether oxygens (including phenoxy) is 1. The van der Waals surface area contributed by atoms with Gasteiger partial charge in [-0.05, 0) is 69.3 Å². The largest absolute Gasteiger partial charge is 0.375 e. The summed E-state index contributed by atoms with van der Waals surface area (Å²) >= 11 is 0. The molecule has 6 heteroatoms. The number of aryl methyl sites for hydroxylation is 1. The van der Waals surface area contributed by atoms with Crippen molar-refractivity contribution in [1.29, 1.82) is 0 Å². The summed E-state index contributed by atoms with van der Waals surface area (Å²) in [5, 5.41) is 9.24. The van der Waals surface area contributed by atoms with Gasteiger partial charge in [0, 0.05) is 18.9 Å². The summed E-state index contributed by atoms with van der Waals surface area (Å²) < 4.78 is 10.1. The Bertz CT molecular complexity index is 948. The van der Waals surface area contributed by atoms with Crippen molar-refractivity contribution in [1.82, 2.24) is 24.5 Å². The Hall–Kier alpha value is -2.21. The molecule has 2 aromatic rings. The lowest BCUT2D eigenvalue weighted by molar-refractivity contribution is -0.0502. The lowest BCUT2D eigenvalue weighted by Crippen LogP contribution is -2.52. The van der Waals surface area contributed by atoms with Crippen molar-refractivity contribution < 1.29 is 4.74 Å². The van der Waals surface area contributed by atoms with Crippen LogP contribution < -0.4 is 0 Å². The van der Waals surface area contributed by atoms with Gasteiger partial charge in [-0.1, -0.05) is 17.4 Å². The van der Waals surface area contributed by atoms with Crippen molar-refractivity contribution in [3.63, 3.8) is 0 Å². The molecule has 2 heterocycles. The van der Waals surface area contributed by atoms with Gasteiger partial charge in [0.15, 0.2) is 0 Å². The van der Waals surface area contributed by atoms with E-state index in [1.165, 1.54) is 38.5 Å². The van der Waals surface area contributed by atoms with Crippen molar-refractivity contribution in [3.05, 3.63) is 48.3 Å². The summed E-state index contributed by atoms with van der Waals surface area (Å²) in [5.41, 5.74) is 3.29. The number of nitrogens with zero attached hydrogens (tertiary/aromatic N) is 5. The molecule has 29 heavy (non-hydrogen) atoms. The van der Waals surface area contributed by atoms with Gasteiger partial charge in [0.1, 0.15) is 11.8 Å². The highest BCUT2D eigenvalue weighted by atomic mass is 16.5. The molecule has 4 fully saturated rings. The zero-order valence-electron chi connectivity index (χ0n) is 17.2. The van der Waals surface area contributed by atoms with Gasteiger partial charge in [-0.2, -0.15) is 0 Å². The van der Waals surface area contributed by atoms with E-state index < -0.39 is 0 Å². The third-order valence-corrected chi connectivity index (χ3v) is 7.78. The Morgan fingerprint density at radius 2 is 1.79 bits per heavy atom. The van der Waals surface area contributed by atoms with Gasteiger partial charge < -0.3 is 9.30 Å². The molecule has 7 rings (SSSR count). The molecule has 0 spiro atoms. The second-order valence-electron chi connectivity index (χ2n) is 9.82. The molecule has 2 unspecified atom stereocenters. The van der Waals surface area contributed by atoms with E-state index in [9.17, 15) is 0 Å². The smallest absolute Gasteiger partial charge is 0.112 e. The molecular formula is C23H29N5O. The normalized spacial score (nSPS) is 37.9. The molecule has 0 saturated heterocycles. The summed E-state index contributed by atoms with van der Waals surface area (Å²) in [6, 6.07) is 0.114. The molecule has 152 valence electrons. The van der Waals surface area contributed by atoms with Gasteiger partial charge in [-0.25, -0.2) is 9.67 Å². The van der Waals surface area contributed by atoms with Crippen molar-refractivity contribution in [2.45, 2.75) is 63.1 Å². The van der Waals surface area contributed by atoms with E-state index in [0.29, 0.717) is 0 Å². The first-order valence-corrected chi connectivity index (χ1v) is 11.0. The Morgan fingerprint density at radius 3 is 2.41 bits per heavy atom. The molecule has 0 aromatic carbocycles. The first-order valence-electron chi connectivity index (χ1n) is 11.0. The average molecular weight is 392 g/mol. The van der Waals surface area contributed by atoms with Crippen LogP contribution in [-0.4, -0.2) is 37.8 Å². The number of imidazole rings is 1. The van der Waals surface area contributed by atoms with E-state index in [4.69, 9.17) is 4.74 Å². The molecule has 4 bridgehead atoms. The van der Waals surface area contributed by atoms with Crippen molar-refractivity contribution in [2.24, 2.45) is 17.8 Å². The fourth-order valence-electron chi connectivity index (χ4n) is 6.87. The first-order chi connectivity index (χ1) is 14.1. The Morgan fingerprint density at radius 1 is 1.07 bits per heavy atom. The van der Waals surface area contributed by atoms with E-state index >= 15 is 0 Å². The van der Waals surface area contributed by atoms with Crippen LogP contribution in [0.25, 0.3) is 5.57 Å². The summed E-state index contributed by atoms with van der Waals surface area (Å²) in [5.74, 6) is 2.71. The SMILES string of the molecule is COC1C=C(c2cn(C34CC5CC(CC(C5)C3)C4)nn2)C=CC1n1cnc(C)c1. The molecule has 6 nitrogen and oxygen atoms in total. The van der Waals surface area contributed by atoms with E-state index in [-0.39, 0.29) is 17.7 Å². The molecule has 0 aliphatic heterocycles. The van der Waals surface area contributed by atoms with Gasteiger partial charge in [0.25, 0.3) is 0 Å². The number of hydrogen-bond donors (Lipinski definition) is 0. The minimum absolute atomic E-state index is 0.0479. The molecular weight excluding hydrogens is 362 g/mol. The molecule has 5 aliphatic rings. The lowest BCUT2D eigenvalue weighted by Gasteiger charge is -2.56. The highest BCUT2D eigenvalue weighted by molar-refractivity contribution is 5.73. The maximum absolute atomic E-state index is 5.80. The van der Waals surface area contributed by atoms with Gasteiger partial charge in [0.2, 0.25) is 0 Å². The Kier molecular flexibility index (Phi) is 3.89. The average Bonchev–Trinajstić information content (AvgIpc) is 3.36. The third kappa shape index (κ3) is 2.83. The van der Waals surface area contributed by atoms with Crippen LogP contribution in [0.4, 0.5) is 0 Å². The molecule has 0 amide bonds. The second-order valence-corrected chi connectivity index (χ2v) is 9.82. The highest BCUT2D eigenvalue weighted by Crippen LogP contribution is 2.58. The molecule has 5 aliphatic carbocycles. The molecule has 2 aromatic heterocycles. The summed E-state index contributed by atoms with van der Waals surface area (Å²) in [6.07, 6.45) is 20.8. The maximum atomic E-state index is 5.80. The van der Waals surface area contributed by atoms with E-state index in [1.807, 2.05) is 13.3 Å². The van der Waals surface area contributed by atoms with Crippen LogP contribution in [0.15, 0.2) is 36.9 Å². The molecule has 0 radical (unpaired) electrons. The summed E-state index contributed by atoms with van der Waals surface area (Å²) in [6.45, 7) is 2.01. The fraction of sp³-hybridized carbons (Fsp3) is 0.609. The van der Waals surface area contributed by atoms with Crippen LogP contribution in [0, 0.1) is 24.7 Å². The zero-order chi connectivity index (χ0) is 19.6. The standard InChI is InChI=1S/C23H29N5O/c1-15-12-27(14-24-15)21-4-3-19(8-22(21)29-2)20-13-28(26-25-20)23-9-16-5-17(10-23)7-18(6-16)11-23/h3-4,8,12-14,16-18,21-22H,5-7,9-11H2,1-2H3. The number of methoxy groups -OCH3 is 1. The summed E-state index contributed by atoms with van der Waals surface area (Å²) in [4.78, 5) is 4.36. The number of aromatic nitrogens is 5. The van der Waals surface area contributed by atoms with Crippen LogP contribution in [0.5, 0.6) is 0 Å². The first kappa shape index (κ1) is 17.6. The predicted octanol–water partition coefficient (Wildman–Crippen LogP) is 3.92. The number of rotatable bonds is 4. The highest BCUT2D eigenvalue weighted by Gasteiger charge is 2.52. The minimum Gasteiger partial charge on any atom is -0.375 e. The molecule has 2 atom stereocenters. The minimum atomic E-state index is -0.0479. The number of hydrogen-bond acceptors (Lipinski definition) is 4. The van der Waals surface area contributed by atoms with E-state index in [0.717, 1.165) is 34.7 Å². The quantitative estimate of drug-likeness (QED) is 0.793. The fourth-order valence-corrected chi connectivity index (χ4v) is 6.87. The number of allylic oxidation sites excluding steroid dienone is 2. The maximum Gasteiger partial charge on any atom is 0.112 e. The lowest BCUT2D eigenvalue weighted by atomic mass is 9.53. The van der Waals surface area contributed by atoms with Crippen molar-refractivity contribution in [3.8, 4) is 0 Å². The second kappa shape index (κ2) is 6.39. The summed E-state index contributed by atoms with van der Waals surface area (Å²) in [7, 11) is 1.76. The van der Waals surface area contributed by atoms with Crippen LogP contribution in [0.3, 0.4) is 0 Å². The molecule has 0 N–H and O–H groups in total. The van der Waals surface area contributed by atoms with Gasteiger partial charge in [0.05, 0.1) is 29.8 Å². The van der Waals surface area contributed by atoms with Crippen LogP contribution in [-0.2, 0) is 10.3 Å². The predicted molar refractivity (Wildman–Crippen MR) is 110 cm³/mol. The van der Waals surface area contributed by atoms with E-state index in [1.54, 1.807) is 7.11 Å². The topological polar surface area (TPSA) is 57.8 Å². The van der Waals surface area contributed by atoms with Gasteiger partial charge in [-0.15, -0.1) is 5.10 Å². The van der Waals surface area contributed by atoms with Crippen LogP contribution >= 0.6 is 0 Å². The van der Waals surface area contributed by atoms with Crippen molar-refractivity contribution >= 4 is 5.57 Å². The third-order valence-electron chi connectivity index (χ3n) is 7.78. The van der Waals surface area contributed by atoms with Crippen LogP contribution in [0.2, 0.25) is 0 Å². The monoisotopic (exact) mass is 391 g/mol. The van der Waals surface area contributed by atoms with Crippen LogP contribution in [0.1, 0.15) is 56.0 Å². The Balaban J connectivity index is 1.27. The van der Waals surface area contributed by atoms with Gasteiger partial charge >= 0.3 is 0 Å².